The molecule has 2 aliphatic rings. The van der Waals surface area contributed by atoms with Gasteiger partial charge in [0, 0.05) is 6.54 Å². The Hall–Kier alpha value is -0.610. The van der Waals surface area contributed by atoms with Crippen molar-refractivity contribution in [3.05, 3.63) is 0 Å². The number of hydrogen-bond donors (Lipinski definition) is 3. The van der Waals surface area contributed by atoms with E-state index in [1.807, 2.05) is 0 Å². The fourth-order valence-corrected chi connectivity index (χ4v) is 2.17. The molecule has 0 aromatic heterocycles. The quantitative estimate of drug-likeness (QED) is 0.629. The summed E-state index contributed by atoms with van der Waals surface area (Å²) in [5.41, 5.74) is 4.45. The van der Waals surface area contributed by atoms with Gasteiger partial charge in [-0.2, -0.15) is 0 Å². The number of nitrogens with one attached hydrogen (secondary N) is 1. The second-order valence-electron chi connectivity index (χ2n) is 5.12. The predicted octanol–water partition coefficient (Wildman–Crippen LogP) is 0.289. The highest BCUT2D eigenvalue weighted by Crippen LogP contribution is 2.33. The topological polar surface area (TPSA) is 75.4 Å². The van der Waals surface area contributed by atoms with E-state index in [1.54, 1.807) is 0 Å². The molecule has 86 valence electrons. The van der Waals surface area contributed by atoms with E-state index in [4.69, 9.17) is 5.73 Å². The third-order valence-corrected chi connectivity index (χ3v) is 3.60. The first-order chi connectivity index (χ1) is 7.04. The summed E-state index contributed by atoms with van der Waals surface area (Å²) in [5, 5.41) is 12.9. The Morgan fingerprint density at radius 2 is 1.80 bits per heavy atom. The highest BCUT2D eigenvalue weighted by atomic mass is 16.3. The zero-order valence-electron chi connectivity index (χ0n) is 9.09. The zero-order chi connectivity index (χ0) is 10.9. The lowest BCUT2D eigenvalue weighted by molar-refractivity contribution is -0.124. The number of hydrogen-bond acceptors (Lipinski definition) is 3. The fraction of sp³-hybridized carbons (Fsp3) is 0.909. The molecular weight excluding hydrogens is 192 g/mol. The van der Waals surface area contributed by atoms with E-state index >= 15 is 0 Å². The number of nitrogens with two attached hydrogens (primary N) is 1. The van der Waals surface area contributed by atoms with Crippen molar-refractivity contribution in [2.24, 2.45) is 5.73 Å². The molecule has 15 heavy (non-hydrogen) atoms. The molecule has 1 amide bonds. The summed E-state index contributed by atoms with van der Waals surface area (Å²) in [7, 11) is 0. The summed E-state index contributed by atoms with van der Waals surface area (Å²) in [5.74, 6) is -0.0958. The molecule has 0 atom stereocenters. The summed E-state index contributed by atoms with van der Waals surface area (Å²) in [6.07, 6.45) is 6.45. The highest BCUT2D eigenvalue weighted by molar-refractivity contribution is 5.89. The Kier molecular flexibility index (Phi) is 2.73. The van der Waals surface area contributed by atoms with Gasteiger partial charge in [0.1, 0.15) is 0 Å². The second-order valence-corrected chi connectivity index (χ2v) is 5.12. The first-order valence-electron chi connectivity index (χ1n) is 5.84. The minimum atomic E-state index is -0.681. The average molecular weight is 212 g/mol. The first kappa shape index (κ1) is 10.9. The number of amides is 1. The van der Waals surface area contributed by atoms with E-state index in [0.29, 0.717) is 6.54 Å². The lowest BCUT2D eigenvalue weighted by Crippen LogP contribution is -2.50. The maximum atomic E-state index is 11.6. The zero-order valence-corrected chi connectivity index (χ0v) is 9.09. The average Bonchev–Trinajstić information content (AvgIpc) is 2.96. The summed E-state index contributed by atoms with van der Waals surface area (Å²) in [6, 6.07) is 0. The van der Waals surface area contributed by atoms with Crippen molar-refractivity contribution in [1.29, 1.82) is 0 Å². The highest BCUT2D eigenvalue weighted by Gasteiger charge is 2.46. The molecule has 4 nitrogen and oxygen atoms in total. The Balaban J connectivity index is 1.79. The Morgan fingerprint density at radius 1 is 1.20 bits per heavy atom. The number of carbonyl (C=O) groups excluding carboxylic acids is 1. The molecule has 4 N–H and O–H groups in total. The van der Waals surface area contributed by atoms with Gasteiger partial charge in [-0.15, -0.1) is 0 Å². The van der Waals surface area contributed by atoms with E-state index < -0.39 is 11.1 Å². The summed E-state index contributed by atoms with van der Waals surface area (Å²) < 4.78 is 0. The van der Waals surface area contributed by atoms with Crippen LogP contribution in [0.25, 0.3) is 0 Å². The van der Waals surface area contributed by atoms with Gasteiger partial charge in [-0.1, -0.05) is 19.3 Å². The summed E-state index contributed by atoms with van der Waals surface area (Å²) >= 11 is 0. The van der Waals surface area contributed by atoms with Gasteiger partial charge in [0.2, 0.25) is 5.91 Å². The van der Waals surface area contributed by atoms with Gasteiger partial charge in [0.25, 0.3) is 0 Å². The van der Waals surface area contributed by atoms with Crippen LogP contribution < -0.4 is 11.1 Å². The smallest absolute Gasteiger partial charge is 0.240 e. The standard InChI is InChI=1S/C11H20N2O2/c12-11(6-7-11)9(14)13-8-10(15)4-2-1-3-5-10/h15H,1-8,12H2,(H,13,14). The SMILES string of the molecule is NC1(C(=O)NCC2(O)CCCCC2)CC1. The second kappa shape index (κ2) is 3.76. The maximum Gasteiger partial charge on any atom is 0.240 e. The lowest BCUT2D eigenvalue weighted by Gasteiger charge is -2.32. The summed E-state index contributed by atoms with van der Waals surface area (Å²) in [4.78, 5) is 11.6. The third kappa shape index (κ3) is 2.49. The third-order valence-electron chi connectivity index (χ3n) is 3.60. The van der Waals surface area contributed by atoms with Crippen LogP contribution >= 0.6 is 0 Å². The number of aliphatic hydroxyl groups is 1. The Morgan fingerprint density at radius 3 is 2.33 bits per heavy atom. The molecular formula is C11H20N2O2. The molecule has 0 heterocycles. The van der Waals surface area contributed by atoms with Crippen LogP contribution in [0.3, 0.4) is 0 Å². The Bertz CT molecular complexity index is 255. The van der Waals surface area contributed by atoms with Crippen molar-refractivity contribution < 1.29 is 9.90 Å². The van der Waals surface area contributed by atoms with Crippen LogP contribution in [0.5, 0.6) is 0 Å². The van der Waals surface area contributed by atoms with E-state index in [1.165, 1.54) is 6.42 Å². The van der Waals surface area contributed by atoms with Crippen molar-refractivity contribution in [3.8, 4) is 0 Å². The van der Waals surface area contributed by atoms with E-state index in [9.17, 15) is 9.90 Å². The van der Waals surface area contributed by atoms with Gasteiger partial charge in [-0.3, -0.25) is 4.79 Å². The summed E-state index contributed by atoms with van der Waals surface area (Å²) in [6.45, 7) is 0.366. The minimum absolute atomic E-state index is 0.0958. The molecule has 0 unspecified atom stereocenters. The molecule has 0 spiro atoms. The van der Waals surface area contributed by atoms with Crippen LogP contribution in [-0.2, 0) is 4.79 Å². The predicted molar refractivity (Wildman–Crippen MR) is 57.2 cm³/mol. The van der Waals surface area contributed by atoms with Gasteiger partial charge in [-0.05, 0) is 25.7 Å². The molecule has 0 saturated heterocycles. The molecule has 2 rings (SSSR count). The van der Waals surface area contributed by atoms with Gasteiger partial charge >= 0.3 is 0 Å². The van der Waals surface area contributed by atoms with Crippen LogP contribution in [0.2, 0.25) is 0 Å². The Labute approximate surface area is 90.2 Å². The molecule has 0 aromatic rings. The molecule has 4 heteroatoms. The van der Waals surface area contributed by atoms with Crippen LogP contribution in [0.4, 0.5) is 0 Å². The van der Waals surface area contributed by atoms with Crippen molar-refractivity contribution in [2.75, 3.05) is 6.54 Å². The monoisotopic (exact) mass is 212 g/mol. The molecule has 0 bridgehead atoms. The van der Waals surface area contributed by atoms with E-state index in [2.05, 4.69) is 5.32 Å². The lowest BCUT2D eigenvalue weighted by atomic mass is 9.85. The van der Waals surface area contributed by atoms with Crippen LogP contribution in [0, 0.1) is 0 Å². The van der Waals surface area contributed by atoms with Gasteiger partial charge in [-0.25, -0.2) is 0 Å². The molecule has 2 aliphatic carbocycles. The maximum absolute atomic E-state index is 11.6. The number of carbonyl (C=O) groups is 1. The molecule has 0 radical (unpaired) electrons. The number of rotatable bonds is 3. The van der Waals surface area contributed by atoms with Crippen molar-refractivity contribution in [2.45, 2.75) is 56.1 Å². The molecule has 0 aliphatic heterocycles. The van der Waals surface area contributed by atoms with Crippen molar-refractivity contribution in [3.63, 3.8) is 0 Å². The fourth-order valence-electron chi connectivity index (χ4n) is 2.17. The van der Waals surface area contributed by atoms with Crippen LogP contribution in [0.15, 0.2) is 0 Å². The largest absolute Gasteiger partial charge is 0.388 e. The first-order valence-corrected chi connectivity index (χ1v) is 5.84. The van der Waals surface area contributed by atoms with Gasteiger partial charge < -0.3 is 16.2 Å². The van der Waals surface area contributed by atoms with E-state index in [0.717, 1.165) is 38.5 Å². The van der Waals surface area contributed by atoms with Crippen LogP contribution in [-0.4, -0.2) is 28.7 Å². The van der Waals surface area contributed by atoms with E-state index in [-0.39, 0.29) is 5.91 Å². The molecule has 2 saturated carbocycles. The van der Waals surface area contributed by atoms with Gasteiger partial charge in [0.05, 0.1) is 11.1 Å². The van der Waals surface area contributed by atoms with Crippen LogP contribution in [0.1, 0.15) is 44.9 Å². The van der Waals surface area contributed by atoms with Gasteiger partial charge in [0.15, 0.2) is 0 Å². The molecule has 0 aromatic carbocycles. The normalized spacial score (nSPS) is 27.1. The van der Waals surface area contributed by atoms with Crippen molar-refractivity contribution >= 4 is 5.91 Å². The van der Waals surface area contributed by atoms with Crippen molar-refractivity contribution in [1.82, 2.24) is 5.32 Å². The molecule has 2 fully saturated rings. The minimum Gasteiger partial charge on any atom is -0.388 e.